The lowest BCUT2D eigenvalue weighted by atomic mass is 10.0. The first kappa shape index (κ1) is 11.3. The number of aromatic nitrogens is 2. The molecule has 5 heteroatoms. The number of anilines is 1. The van der Waals surface area contributed by atoms with Gasteiger partial charge >= 0.3 is 0 Å². The number of hydrogen-bond donors (Lipinski definition) is 1. The molecule has 1 heterocycles. The molecule has 0 saturated carbocycles. The van der Waals surface area contributed by atoms with E-state index in [1.807, 2.05) is 24.3 Å². The summed E-state index contributed by atoms with van der Waals surface area (Å²) in [5.74, 6) is 0.0151. The number of nitrogens with zero attached hydrogens (tertiary/aromatic N) is 2. The second-order valence-corrected chi connectivity index (χ2v) is 3.99. The zero-order valence-electron chi connectivity index (χ0n) is 9.68. The molecule has 1 aromatic heterocycles. The summed E-state index contributed by atoms with van der Waals surface area (Å²) in [6.45, 7) is 4.14. The Balaban J connectivity index is 2.22. The maximum absolute atomic E-state index is 11.8. The fourth-order valence-electron chi connectivity index (χ4n) is 1.57. The van der Waals surface area contributed by atoms with Gasteiger partial charge in [-0.1, -0.05) is 37.2 Å². The molecule has 0 aliphatic carbocycles. The molecular weight excluding hydrogens is 218 g/mol. The molecule has 0 fully saturated rings. The third-order valence-electron chi connectivity index (χ3n) is 2.42. The molecule has 0 spiro atoms. The molecular formula is C12H13N3O2. The first-order valence-electron chi connectivity index (χ1n) is 5.36. The summed E-state index contributed by atoms with van der Waals surface area (Å²) in [5.41, 5.74) is 2.04. The Morgan fingerprint density at radius 1 is 1.35 bits per heavy atom. The molecule has 0 unspecified atom stereocenters. The summed E-state index contributed by atoms with van der Waals surface area (Å²) in [4.78, 5) is 11.8. The van der Waals surface area contributed by atoms with Gasteiger partial charge < -0.3 is 5.32 Å². The molecule has 1 amide bonds. The molecule has 1 N–H and O–H groups in total. The summed E-state index contributed by atoms with van der Waals surface area (Å²) in [6, 6.07) is 7.67. The molecule has 0 radical (unpaired) electrons. The number of amides is 1. The second-order valence-electron chi connectivity index (χ2n) is 3.99. The largest absolute Gasteiger partial charge is 0.320 e. The van der Waals surface area contributed by atoms with Crippen LogP contribution in [-0.2, 0) is 0 Å². The van der Waals surface area contributed by atoms with Crippen LogP contribution in [0.4, 0.5) is 5.69 Å². The lowest BCUT2D eigenvalue weighted by Crippen LogP contribution is -2.13. The van der Waals surface area contributed by atoms with Crippen molar-refractivity contribution in [1.82, 2.24) is 10.3 Å². The van der Waals surface area contributed by atoms with Gasteiger partial charge in [0.15, 0.2) is 5.69 Å². The highest BCUT2D eigenvalue weighted by Crippen LogP contribution is 2.23. The highest BCUT2D eigenvalue weighted by molar-refractivity contribution is 6.02. The van der Waals surface area contributed by atoms with Gasteiger partial charge in [0.2, 0.25) is 0 Å². The van der Waals surface area contributed by atoms with Crippen molar-refractivity contribution in [3.05, 3.63) is 41.7 Å². The van der Waals surface area contributed by atoms with Gasteiger partial charge in [0.05, 0.1) is 0 Å². The monoisotopic (exact) mass is 231 g/mol. The van der Waals surface area contributed by atoms with Crippen molar-refractivity contribution in [2.45, 2.75) is 19.8 Å². The molecule has 2 rings (SSSR count). The van der Waals surface area contributed by atoms with E-state index in [1.165, 1.54) is 6.20 Å². The van der Waals surface area contributed by atoms with Crippen LogP contribution < -0.4 is 5.32 Å². The van der Waals surface area contributed by atoms with Crippen molar-refractivity contribution in [3.63, 3.8) is 0 Å². The number of carbonyl (C=O) groups is 1. The highest BCUT2D eigenvalue weighted by Gasteiger charge is 2.13. The average Bonchev–Trinajstić information content (AvgIpc) is 2.83. The molecule has 17 heavy (non-hydrogen) atoms. The smallest absolute Gasteiger partial charge is 0.279 e. The molecule has 0 atom stereocenters. The average molecular weight is 231 g/mol. The van der Waals surface area contributed by atoms with Gasteiger partial charge in [-0.05, 0) is 22.7 Å². The van der Waals surface area contributed by atoms with E-state index >= 15 is 0 Å². The van der Waals surface area contributed by atoms with Crippen molar-refractivity contribution < 1.29 is 9.42 Å². The lowest BCUT2D eigenvalue weighted by molar-refractivity contribution is 0.101. The number of nitrogens with one attached hydrogen (secondary N) is 1. The fourth-order valence-corrected chi connectivity index (χ4v) is 1.57. The molecule has 1 aromatic carbocycles. The van der Waals surface area contributed by atoms with Crippen molar-refractivity contribution in [2.75, 3.05) is 5.32 Å². The van der Waals surface area contributed by atoms with E-state index in [9.17, 15) is 4.79 Å². The Labute approximate surface area is 98.8 Å². The minimum atomic E-state index is -0.320. The van der Waals surface area contributed by atoms with Gasteiger partial charge in [0.25, 0.3) is 5.91 Å². The van der Waals surface area contributed by atoms with E-state index in [-0.39, 0.29) is 11.6 Å². The SMILES string of the molecule is CC(C)c1ccccc1NC(=O)c1cnon1. The first-order valence-corrected chi connectivity index (χ1v) is 5.36. The van der Waals surface area contributed by atoms with Crippen LogP contribution in [0.2, 0.25) is 0 Å². The summed E-state index contributed by atoms with van der Waals surface area (Å²) >= 11 is 0. The van der Waals surface area contributed by atoms with Gasteiger partial charge in [0, 0.05) is 5.69 Å². The molecule has 0 bridgehead atoms. The Morgan fingerprint density at radius 2 is 2.12 bits per heavy atom. The van der Waals surface area contributed by atoms with E-state index < -0.39 is 0 Å². The quantitative estimate of drug-likeness (QED) is 0.880. The van der Waals surface area contributed by atoms with Crippen molar-refractivity contribution >= 4 is 11.6 Å². The number of rotatable bonds is 3. The van der Waals surface area contributed by atoms with E-state index in [1.54, 1.807) is 0 Å². The number of benzene rings is 1. The Hall–Kier alpha value is -2.17. The normalized spacial score (nSPS) is 10.5. The Morgan fingerprint density at radius 3 is 2.76 bits per heavy atom. The molecule has 88 valence electrons. The summed E-state index contributed by atoms with van der Waals surface area (Å²) in [5, 5.41) is 9.68. The minimum Gasteiger partial charge on any atom is -0.320 e. The number of hydrogen-bond acceptors (Lipinski definition) is 4. The van der Waals surface area contributed by atoms with Gasteiger partial charge in [0.1, 0.15) is 6.20 Å². The zero-order chi connectivity index (χ0) is 12.3. The maximum Gasteiger partial charge on any atom is 0.279 e. The first-order chi connectivity index (χ1) is 8.18. The van der Waals surface area contributed by atoms with Gasteiger partial charge in [-0.2, -0.15) is 0 Å². The molecule has 0 aliphatic rings. The Bertz CT molecular complexity index is 506. The van der Waals surface area contributed by atoms with Crippen molar-refractivity contribution in [1.29, 1.82) is 0 Å². The third-order valence-corrected chi connectivity index (χ3v) is 2.42. The van der Waals surface area contributed by atoms with Crippen molar-refractivity contribution in [2.24, 2.45) is 0 Å². The summed E-state index contributed by atoms with van der Waals surface area (Å²) in [6.07, 6.45) is 1.29. The van der Waals surface area contributed by atoms with Crippen LogP contribution in [0.25, 0.3) is 0 Å². The number of carbonyl (C=O) groups excluding carboxylic acids is 1. The van der Waals surface area contributed by atoms with Gasteiger partial charge in [-0.15, -0.1) is 0 Å². The number of para-hydroxylation sites is 1. The van der Waals surface area contributed by atoms with Crippen molar-refractivity contribution in [3.8, 4) is 0 Å². The topological polar surface area (TPSA) is 68.0 Å². The van der Waals surface area contributed by atoms with Crippen LogP contribution in [-0.4, -0.2) is 16.2 Å². The van der Waals surface area contributed by atoms with Gasteiger partial charge in [-0.3, -0.25) is 4.79 Å². The fraction of sp³-hybridized carbons (Fsp3) is 0.250. The minimum absolute atomic E-state index is 0.170. The predicted octanol–water partition coefficient (Wildman–Crippen LogP) is 2.45. The van der Waals surface area contributed by atoms with E-state index in [0.717, 1.165) is 11.3 Å². The maximum atomic E-state index is 11.8. The Kier molecular flexibility index (Phi) is 3.18. The van der Waals surface area contributed by atoms with Crippen LogP contribution in [0.3, 0.4) is 0 Å². The zero-order valence-corrected chi connectivity index (χ0v) is 9.68. The van der Waals surface area contributed by atoms with E-state index in [4.69, 9.17) is 0 Å². The molecule has 2 aromatic rings. The third kappa shape index (κ3) is 2.50. The highest BCUT2D eigenvalue weighted by atomic mass is 16.6. The van der Waals surface area contributed by atoms with Crippen LogP contribution in [0.15, 0.2) is 35.1 Å². The van der Waals surface area contributed by atoms with Crippen LogP contribution >= 0.6 is 0 Å². The molecule has 5 nitrogen and oxygen atoms in total. The standard InChI is InChI=1S/C12H13N3O2/c1-8(2)9-5-3-4-6-10(9)14-12(16)11-7-13-17-15-11/h3-8H,1-2H3,(H,14,16). The summed E-state index contributed by atoms with van der Waals surface area (Å²) in [7, 11) is 0. The summed E-state index contributed by atoms with van der Waals surface area (Å²) < 4.78 is 4.39. The predicted molar refractivity (Wildman–Crippen MR) is 62.8 cm³/mol. The van der Waals surface area contributed by atoms with Crippen LogP contribution in [0.1, 0.15) is 35.8 Å². The van der Waals surface area contributed by atoms with Crippen LogP contribution in [0, 0.1) is 0 Å². The van der Waals surface area contributed by atoms with Gasteiger partial charge in [-0.25, -0.2) is 4.63 Å². The van der Waals surface area contributed by atoms with E-state index in [2.05, 4.69) is 34.1 Å². The second kappa shape index (κ2) is 4.78. The van der Waals surface area contributed by atoms with Crippen LogP contribution in [0.5, 0.6) is 0 Å². The molecule has 0 saturated heterocycles. The molecule has 0 aliphatic heterocycles. The van der Waals surface area contributed by atoms with E-state index in [0.29, 0.717) is 5.92 Å². The lowest BCUT2D eigenvalue weighted by Gasteiger charge is -2.12.